The van der Waals surface area contributed by atoms with Crippen LogP contribution in [0.3, 0.4) is 0 Å². The molecule has 0 aromatic rings. The number of hydrogen-bond acceptors (Lipinski definition) is 3. The van der Waals surface area contributed by atoms with Gasteiger partial charge in [-0.15, -0.1) is 0 Å². The average molecular weight is 229 g/mol. The number of aliphatic carboxylic acids is 1. The Bertz CT molecular complexity index is 278. The summed E-state index contributed by atoms with van der Waals surface area (Å²) in [4.78, 5) is 22.1. The molecule has 0 aliphatic carbocycles. The molecular weight excluding hydrogens is 210 g/mol. The largest absolute Gasteiger partial charge is 0.480 e. The van der Waals surface area contributed by atoms with Crippen LogP contribution in [0.1, 0.15) is 34.1 Å². The highest BCUT2D eigenvalue weighted by Gasteiger charge is 2.22. The molecule has 0 unspecified atom stereocenters. The Morgan fingerprint density at radius 1 is 1.44 bits per heavy atom. The van der Waals surface area contributed by atoms with E-state index in [1.807, 2.05) is 0 Å². The molecule has 5 nitrogen and oxygen atoms in total. The number of alkyl carbamates (subject to hydrolysis) is 1. The maximum absolute atomic E-state index is 11.3. The van der Waals surface area contributed by atoms with E-state index in [1.54, 1.807) is 39.8 Å². The Kier molecular flexibility index (Phi) is 5.56. The molecule has 0 heterocycles. The van der Waals surface area contributed by atoms with E-state index >= 15 is 0 Å². The van der Waals surface area contributed by atoms with Crippen molar-refractivity contribution in [3.05, 3.63) is 12.2 Å². The number of carbonyl (C=O) groups is 2. The molecule has 0 bridgehead atoms. The minimum absolute atomic E-state index is 0.241. The molecule has 1 amide bonds. The number of allylic oxidation sites excluding steroid dienone is 1. The summed E-state index contributed by atoms with van der Waals surface area (Å²) >= 11 is 0. The van der Waals surface area contributed by atoms with Gasteiger partial charge in [0.05, 0.1) is 0 Å². The highest BCUT2D eigenvalue weighted by molar-refractivity contribution is 5.80. The molecule has 0 spiro atoms. The van der Waals surface area contributed by atoms with Crippen LogP contribution in [0.4, 0.5) is 4.79 Å². The number of nitrogens with one attached hydrogen (secondary N) is 1. The van der Waals surface area contributed by atoms with E-state index in [1.165, 1.54) is 0 Å². The van der Waals surface area contributed by atoms with Gasteiger partial charge in [-0.1, -0.05) is 12.2 Å². The van der Waals surface area contributed by atoms with Crippen LogP contribution in [-0.2, 0) is 9.53 Å². The molecule has 0 fully saturated rings. The second-order valence-electron chi connectivity index (χ2n) is 4.34. The predicted octanol–water partition coefficient (Wildman–Crippen LogP) is 1.93. The SMILES string of the molecule is C/C=C/C[C@@H](NC(=O)OC(C)(C)C)C(=O)O. The fourth-order valence-electron chi connectivity index (χ4n) is 0.943. The van der Waals surface area contributed by atoms with Crippen molar-refractivity contribution in [2.75, 3.05) is 0 Å². The maximum atomic E-state index is 11.3. The number of carboxylic acids is 1. The molecule has 0 rings (SSSR count). The first kappa shape index (κ1) is 14.5. The summed E-state index contributed by atoms with van der Waals surface area (Å²) in [5.41, 5.74) is -0.631. The molecular formula is C11H19NO4. The van der Waals surface area contributed by atoms with Gasteiger partial charge in [-0.2, -0.15) is 0 Å². The first-order chi connectivity index (χ1) is 7.26. The Morgan fingerprint density at radius 2 is 2.00 bits per heavy atom. The van der Waals surface area contributed by atoms with E-state index in [0.717, 1.165) is 0 Å². The van der Waals surface area contributed by atoms with Crippen LogP contribution in [-0.4, -0.2) is 28.8 Å². The van der Waals surface area contributed by atoms with Crippen LogP contribution in [0.2, 0.25) is 0 Å². The van der Waals surface area contributed by atoms with Crippen LogP contribution in [0.25, 0.3) is 0 Å². The number of carboxylic acid groups (broad SMARTS) is 1. The quantitative estimate of drug-likeness (QED) is 0.722. The normalized spacial score (nSPS) is 13.5. The second-order valence-corrected chi connectivity index (χ2v) is 4.34. The monoisotopic (exact) mass is 229 g/mol. The van der Waals surface area contributed by atoms with E-state index in [-0.39, 0.29) is 6.42 Å². The van der Waals surface area contributed by atoms with Crippen LogP contribution in [0, 0.1) is 0 Å². The number of hydrogen-bond donors (Lipinski definition) is 2. The standard InChI is InChI=1S/C11H19NO4/c1-5-6-7-8(9(13)14)12-10(15)16-11(2,3)4/h5-6,8H,7H2,1-4H3,(H,12,15)(H,13,14)/b6-5+/t8-/m1/s1. The summed E-state index contributed by atoms with van der Waals surface area (Å²) in [6, 6.07) is -0.953. The third kappa shape index (κ3) is 6.86. The lowest BCUT2D eigenvalue weighted by molar-refractivity contribution is -0.139. The van der Waals surface area contributed by atoms with Gasteiger partial charge in [0.1, 0.15) is 11.6 Å². The molecule has 5 heteroatoms. The van der Waals surface area contributed by atoms with E-state index in [2.05, 4.69) is 5.32 Å². The smallest absolute Gasteiger partial charge is 0.408 e. The first-order valence-electron chi connectivity index (χ1n) is 5.09. The minimum Gasteiger partial charge on any atom is -0.480 e. The van der Waals surface area contributed by atoms with Crippen LogP contribution in [0.15, 0.2) is 12.2 Å². The van der Waals surface area contributed by atoms with E-state index in [9.17, 15) is 9.59 Å². The van der Waals surface area contributed by atoms with Crippen molar-refractivity contribution in [3.8, 4) is 0 Å². The highest BCUT2D eigenvalue weighted by atomic mass is 16.6. The van der Waals surface area contributed by atoms with Gasteiger partial charge in [-0.3, -0.25) is 0 Å². The Morgan fingerprint density at radius 3 is 2.38 bits per heavy atom. The molecule has 92 valence electrons. The van der Waals surface area contributed by atoms with Gasteiger partial charge < -0.3 is 15.2 Å². The minimum atomic E-state index is -1.08. The molecule has 0 aliphatic heterocycles. The molecule has 2 N–H and O–H groups in total. The zero-order chi connectivity index (χ0) is 12.8. The maximum Gasteiger partial charge on any atom is 0.408 e. The fraction of sp³-hybridized carbons (Fsp3) is 0.636. The van der Waals surface area contributed by atoms with Gasteiger partial charge >= 0.3 is 12.1 Å². The average Bonchev–Trinajstić information content (AvgIpc) is 2.08. The number of rotatable bonds is 4. The lowest BCUT2D eigenvalue weighted by Crippen LogP contribution is -2.43. The van der Waals surface area contributed by atoms with Gasteiger partial charge in [0, 0.05) is 0 Å². The third-order valence-electron chi connectivity index (χ3n) is 1.60. The molecule has 1 atom stereocenters. The summed E-state index contributed by atoms with van der Waals surface area (Å²) in [6.07, 6.45) is 2.93. The predicted molar refractivity (Wildman–Crippen MR) is 60.2 cm³/mol. The lowest BCUT2D eigenvalue weighted by atomic mass is 10.2. The zero-order valence-corrected chi connectivity index (χ0v) is 10.1. The lowest BCUT2D eigenvalue weighted by Gasteiger charge is -2.21. The van der Waals surface area contributed by atoms with E-state index in [0.29, 0.717) is 0 Å². The van der Waals surface area contributed by atoms with Crippen molar-refractivity contribution in [1.82, 2.24) is 5.32 Å². The van der Waals surface area contributed by atoms with Crippen LogP contribution >= 0.6 is 0 Å². The summed E-state index contributed by atoms with van der Waals surface area (Å²) in [5, 5.41) is 11.1. The van der Waals surface area contributed by atoms with E-state index in [4.69, 9.17) is 9.84 Å². The molecule has 0 aromatic heterocycles. The topological polar surface area (TPSA) is 75.6 Å². The number of amides is 1. The molecule has 0 radical (unpaired) electrons. The summed E-state index contributed by atoms with van der Waals surface area (Å²) in [5.74, 6) is -1.08. The second kappa shape index (κ2) is 6.15. The van der Waals surface area contributed by atoms with Crippen molar-refractivity contribution in [2.45, 2.75) is 45.8 Å². The number of carbonyl (C=O) groups excluding carboxylic acids is 1. The Labute approximate surface area is 95.5 Å². The van der Waals surface area contributed by atoms with Crippen molar-refractivity contribution >= 4 is 12.1 Å². The summed E-state index contributed by atoms with van der Waals surface area (Å²) in [7, 11) is 0. The molecule has 0 aliphatic rings. The highest BCUT2D eigenvalue weighted by Crippen LogP contribution is 2.07. The molecule has 0 aromatic carbocycles. The summed E-state index contributed by atoms with van der Waals surface area (Å²) < 4.78 is 4.96. The van der Waals surface area contributed by atoms with Crippen molar-refractivity contribution < 1.29 is 19.4 Å². The van der Waals surface area contributed by atoms with Crippen LogP contribution < -0.4 is 5.32 Å². The zero-order valence-electron chi connectivity index (χ0n) is 10.1. The Hall–Kier alpha value is -1.52. The first-order valence-corrected chi connectivity index (χ1v) is 5.09. The molecule has 0 saturated carbocycles. The van der Waals surface area contributed by atoms with Crippen molar-refractivity contribution in [2.24, 2.45) is 0 Å². The van der Waals surface area contributed by atoms with Gasteiger partial charge in [0.15, 0.2) is 0 Å². The summed E-state index contributed by atoms with van der Waals surface area (Å²) in [6.45, 7) is 6.93. The van der Waals surface area contributed by atoms with E-state index < -0.39 is 23.7 Å². The van der Waals surface area contributed by atoms with Gasteiger partial charge in [-0.05, 0) is 34.1 Å². The third-order valence-corrected chi connectivity index (χ3v) is 1.60. The van der Waals surface area contributed by atoms with Crippen molar-refractivity contribution in [1.29, 1.82) is 0 Å². The van der Waals surface area contributed by atoms with Crippen molar-refractivity contribution in [3.63, 3.8) is 0 Å². The molecule has 16 heavy (non-hydrogen) atoms. The van der Waals surface area contributed by atoms with Crippen LogP contribution in [0.5, 0.6) is 0 Å². The van der Waals surface area contributed by atoms with Gasteiger partial charge in [-0.25, -0.2) is 9.59 Å². The molecule has 0 saturated heterocycles. The van der Waals surface area contributed by atoms with Gasteiger partial charge in [0.2, 0.25) is 0 Å². The fourth-order valence-corrected chi connectivity index (χ4v) is 0.943. The number of ether oxygens (including phenoxy) is 1. The Balaban J connectivity index is 4.29. The van der Waals surface area contributed by atoms with Gasteiger partial charge in [0.25, 0.3) is 0 Å².